The van der Waals surface area contributed by atoms with E-state index in [9.17, 15) is 13.2 Å². The highest BCUT2D eigenvalue weighted by Gasteiger charge is 2.34. The minimum atomic E-state index is -3.31. The van der Waals surface area contributed by atoms with Crippen molar-refractivity contribution in [1.82, 2.24) is 9.71 Å². The highest BCUT2D eigenvalue weighted by atomic mass is 32.2. The molecule has 1 aromatic heterocycles. The van der Waals surface area contributed by atoms with Gasteiger partial charge in [-0.15, -0.1) is 0 Å². The average molecular weight is 420 g/mol. The normalized spacial score (nSPS) is 22.6. The van der Waals surface area contributed by atoms with Crippen LogP contribution in [0.2, 0.25) is 0 Å². The molecule has 0 radical (unpaired) electrons. The van der Waals surface area contributed by atoms with E-state index in [2.05, 4.69) is 15.0 Å². The molecule has 29 heavy (non-hydrogen) atoms. The van der Waals surface area contributed by atoms with Gasteiger partial charge in [-0.05, 0) is 69.7 Å². The summed E-state index contributed by atoms with van der Waals surface area (Å²) >= 11 is 0. The fourth-order valence-corrected chi connectivity index (χ4v) is 4.74. The molecule has 0 spiro atoms. The molecule has 0 bridgehead atoms. The Morgan fingerprint density at radius 3 is 2.62 bits per heavy atom. The highest BCUT2D eigenvalue weighted by molar-refractivity contribution is 7.90. The van der Waals surface area contributed by atoms with Gasteiger partial charge in [0.25, 0.3) is 0 Å². The minimum Gasteiger partial charge on any atom is -0.445 e. The van der Waals surface area contributed by atoms with Crippen molar-refractivity contribution >= 4 is 21.6 Å². The van der Waals surface area contributed by atoms with Crippen LogP contribution >= 0.6 is 0 Å². The summed E-state index contributed by atoms with van der Waals surface area (Å²) in [5.74, 6) is 0.494. The van der Waals surface area contributed by atoms with Gasteiger partial charge in [-0.25, -0.2) is 18.1 Å². The molecule has 2 aromatic rings. The number of benzene rings is 1. The standard InChI is InChI=1S/C21H29N3O4S/c1-13(2)29(26,27)24-19-8-5-16(11-15(19)4)20(25)23-18-7-6-17(12-14(18)3)21-22-9-10-28-21/h6-7,9-10,12-13,15-16,19,24H,5,8,11H2,1-4H3,(H,23,25). The molecular formula is C21H29N3O4S. The van der Waals surface area contributed by atoms with E-state index in [0.29, 0.717) is 25.2 Å². The summed E-state index contributed by atoms with van der Waals surface area (Å²) in [6.45, 7) is 7.27. The first-order chi connectivity index (χ1) is 13.7. The van der Waals surface area contributed by atoms with Crippen LogP contribution in [0.1, 0.15) is 45.6 Å². The molecule has 3 unspecified atom stereocenters. The van der Waals surface area contributed by atoms with Crippen molar-refractivity contribution < 1.29 is 17.6 Å². The van der Waals surface area contributed by atoms with Crippen molar-refractivity contribution in [2.45, 2.75) is 58.2 Å². The van der Waals surface area contributed by atoms with Gasteiger partial charge in [0.15, 0.2) is 0 Å². The third kappa shape index (κ3) is 5.05. The first-order valence-corrected chi connectivity index (χ1v) is 11.5. The van der Waals surface area contributed by atoms with E-state index in [0.717, 1.165) is 16.8 Å². The molecule has 1 amide bonds. The van der Waals surface area contributed by atoms with Gasteiger partial charge in [0, 0.05) is 23.2 Å². The second-order valence-electron chi connectivity index (χ2n) is 8.16. The van der Waals surface area contributed by atoms with E-state index < -0.39 is 15.3 Å². The Hall–Kier alpha value is -2.19. The Kier molecular flexibility index (Phi) is 6.43. The zero-order valence-electron chi connectivity index (χ0n) is 17.3. The zero-order valence-corrected chi connectivity index (χ0v) is 18.1. The van der Waals surface area contributed by atoms with Gasteiger partial charge in [-0.3, -0.25) is 4.79 Å². The Bertz CT molecular complexity index is 954. The average Bonchev–Trinajstić information content (AvgIpc) is 3.19. The molecule has 3 rings (SSSR count). The van der Waals surface area contributed by atoms with Crippen molar-refractivity contribution in [2.75, 3.05) is 5.32 Å². The first-order valence-electron chi connectivity index (χ1n) is 10.00. The van der Waals surface area contributed by atoms with E-state index >= 15 is 0 Å². The number of oxazole rings is 1. The van der Waals surface area contributed by atoms with Crippen molar-refractivity contribution in [3.8, 4) is 11.5 Å². The third-order valence-corrected chi connectivity index (χ3v) is 7.51. The summed E-state index contributed by atoms with van der Waals surface area (Å²) in [6.07, 6.45) is 5.10. The van der Waals surface area contributed by atoms with Crippen LogP contribution in [0, 0.1) is 18.8 Å². The lowest BCUT2D eigenvalue weighted by Crippen LogP contribution is -2.46. The maximum absolute atomic E-state index is 12.8. The van der Waals surface area contributed by atoms with Crippen LogP contribution in [-0.4, -0.2) is 30.6 Å². The van der Waals surface area contributed by atoms with Crippen LogP contribution < -0.4 is 10.0 Å². The number of hydrogen-bond acceptors (Lipinski definition) is 5. The highest BCUT2D eigenvalue weighted by Crippen LogP contribution is 2.31. The van der Waals surface area contributed by atoms with E-state index in [4.69, 9.17) is 4.42 Å². The molecule has 2 N–H and O–H groups in total. The summed E-state index contributed by atoms with van der Waals surface area (Å²) in [5.41, 5.74) is 2.55. The van der Waals surface area contributed by atoms with Crippen molar-refractivity contribution in [3.05, 3.63) is 36.2 Å². The topological polar surface area (TPSA) is 101 Å². The van der Waals surface area contributed by atoms with E-state index in [1.54, 1.807) is 20.0 Å². The fraction of sp³-hybridized carbons (Fsp3) is 0.524. The first kappa shape index (κ1) is 21.5. The SMILES string of the molecule is Cc1cc(-c2ncco2)ccc1NC(=O)C1CCC(NS(=O)(=O)C(C)C)C(C)C1. The molecular weight excluding hydrogens is 390 g/mol. The summed E-state index contributed by atoms with van der Waals surface area (Å²) < 4.78 is 32.4. The Morgan fingerprint density at radius 1 is 1.28 bits per heavy atom. The number of nitrogens with one attached hydrogen (secondary N) is 2. The number of aryl methyl sites for hydroxylation is 1. The summed E-state index contributed by atoms with van der Waals surface area (Å²) in [4.78, 5) is 16.9. The van der Waals surface area contributed by atoms with E-state index in [-0.39, 0.29) is 23.8 Å². The molecule has 0 saturated heterocycles. The molecule has 3 atom stereocenters. The largest absolute Gasteiger partial charge is 0.445 e. The van der Waals surface area contributed by atoms with Gasteiger partial charge in [0.2, 0.25) is 21.8 Å². The number of nitrogens with zero attached hydrogens (tertiary/aromatic N) is 1. The van der Waals surface area contributed by atoms with Gasteiger partial charge < -0.3 is 9.73 Å². The molecule has 8 heteroatoms. The lowest BCUT2D eigenvalue weighted by Gasteiger charge is -2.34. The minimum absolute atomic E-state index is 0.0195. The monoisotopic (exact) mass is 419 g/mol. The van der Waals surface area contributed by atoms with Crippen LogP contribution in [-0.2, 0) is 14.8 Å². The zero-order chi connectivity index (χ0) is 21.2. The molecule has 1 saturated carbocycles. The van der Waals surface area contributed by atoms with Crippen molar-refractivity contribution in [3.63, 3.8) is 0 Å². The maximum Gasteiger partial charge on any atom is 0.227 e. The predicted molar refractivity (Wildman–Crippen MR) is 113 cm³/mol. The summed E-state index contributed by atoms with van der Waals surface area (Å²) in [7, 11) is -3.31. The molecule has 1 aromatic carbocycles. The smallest absolute Gasteiger partial charge is 0.227 e. The number of anilines is 1. The van der Waals surface area contributed by atoms with Gasteiger partial charge in [-0.1, -0.05) is 6.92 Å². The lowest BCUT2D eigenvalue weighted by molar-refractivity contribution is -0.121. The van der Waals surface area contributed by atoms with Gasteiger partial charge in [0.1, 0.15) is 6.26 Å². The number of aromatic nitrogens is 1. The number of sulfonamides is 1. The molecule has 1 heterocycles. The van der Waals surface area contributed by atoms with Gasteiger partial charge in [0.05, 0.1) is 11.4 Å². The number of carbonyl (C=O) groups excluding carboxylic acids is 1. The number of amides is 1. The second-order valence-corrected chi connectivity index (χ2v) is 10.4. The summed E-state index contributed by atoms with van der Waals surface area (Å²) in [6, 6.07) is 5.54. The van der Waals surface area contributed by atoms with Crippen LogP contribution in [0.3, 0.4) is 0 Å². The van der Waals surface area contributed by atoms with Gasteiger partial charge >= 0.3 is 0 Å². The van der Waals surface area contributed by atoms with Gasteiger partial charge in [-0.2, -0.15) is 0 Å². The maximum atomic E-state index is 12.8. The second kappa shape index (κ2) is 8.67. The molecule has 1 aliphatic carbocycles. The molecule has 0 aliphatic heterocycles. The van der Waals surface area contributed by atoms with Crippen LogP contribution in [0.5, 0.6) is 0 Å². The van der Waals surface area contributed by atoms with Crippen molar-refractivity contribution in [1.29, 1.82) is 0 Å². The number of hydrogen-bond donors (Lipinski definition) is 2. The number of carbonyl (C=O) groups is 1. The van der Waals surface area contributed by atoms with E-state index in [1.165, 1.54) is 6.26 Å². The molecule has 1 fully saturated rings. The predicted octanol–water partition coefficient (Wildman–Crippen LogP) is 3.72. The quantitative estimate of drug-likeness (QED) is 0.743. The van der Waals surface area contributed by atoms with Crippen LogP contribution in [0.15, 0.2) is 35.1 Å². The molecule has 1 aliphatic rings. The Labute approximate surface area is 172 Å². The fourth-order valence-electron chi connectivity index (χ4n) is 3.69. The molecule has 158 valence electrons. The third-order valence-electron chi connectivity index (χ3n) is 5.64. The van der Waals surface area contributed by atoms with Crippen molar-refractivity contribution in [2.24, 2.45) is 11.8 Å². The van der Waals surface area contributed by atoms with Crippen LogP contribution in [0.25, 0.3) is 11.5 Å². The van der Waals surface area contributed by atoms with Crippen LogP contribution in [0.4, 0.5) is 5.69 Å². The Balaban J connectivity index is 1.61. The van der Waals surface area contributed by atoms with E-state index in [1.807, 2.05) is 32.0 Å². The number of rotatable bonds is 6. The summed E-state index contributed by atoms with van der Waals surface area (Å²) in [5, 5.41) is 2.57. The molecule has 7 nitrogen and oxygen atoms in total. The lowest BCUT2D eigenvalue weighted by atomic mass is 9.79. The Morgan fingerprint density at radius 2 is 2.03 bits per heavy atom.